The fraction of sp³-hybridized carbons (Fsp3) is 0.200. The quantitative estimate of drug-likeness (QED) is 0.167. The highest BCUT2D eigenvalue weighted by Gasteiger charge is 2.35. The van der Waals surface area contributed by atoms with Crippen LogP contribution in [0.25, 0.3) is 23.0 Å². The number of methoxy groups -OCH3 is 1. The number of ether oxygens (including phenoxy) is 2. The number of carbonyl (C=O) groups excluding carboxylic acids is 2. The number of para-hydroxylation sites is 1. The van der Waals surface area contributed by atoms with Gasteiger partial charge < -0.3 is 9.47 Å². The molecule has 0 radical (unpaired) electrons. The van der Waals surface area contributed by atoms with E-state index in [0.717, 1.165) is 39.6 Å². The van der Waals surface area contributed by atoms with Crippen molar-refractivity contribution in [3.8, 4) is 34.5 Å². The SMILES string of the molecule is CCCOc1cccc(-c2nn(-c3ccccc3)cc2/C=C2/C(=O)N(CCc3ccc(OC)cc3)C(=O)C(C#N)=C2C)c1. The van der Waals surface area contributed by atoms with E-state index in [0.29, 0.717) is 29.9 Å². The van der Waals surface area contributed by atoms with Gasteiger partial charge in [-0.25, -0.2) is 4.68 Å². The van der Waals surface area contributed by atoms with Gasteiger partial charge in [0, 0.05) is 29.4 Å². The molecule has 1 aromatic heterocycles. The van der Waals surface area contributed by atoms with Gasteiger partial charge in [0.05, 0.1) is 19.4 Å². The third-order valence-electron chi connectivity index (χ3n) is 7.25. The number of hydrogen-bond donors (Lipinski definition) is 0. The Labute approximate surface area is 251 Å². The van der Waals surface area contributed by atoms with Crippen LogP contribution in [0.4, 0.5) is 0 Å². The summed E-state index contributed by atoms with van der Waals surface area (Å²) in [6.45, 7) is 4.41. The molecule has 0 bridgehead atoms. The maximum absolute atomic E-state index is 13.9. The van der Waals surface area contributed by atoms with Crippen LogP contribution < -0.4 is 9.47 Å². The lowest BCUT2D eigenvalue weighted by atomic mass is 9.93. The molecule has 0 unspecified atom stereocenters. The first-order chi connectivity index (χ1) is 20.9. The number of imide groups is 1. The number of carbonyl (C=O) groups is 2. The van der Waals surface area contributed by atoms with Crippen LogP contribution >= 0.6 is 0 Å². The van der Waals surface area contributed by atoms with E-state index in [2.05, 4.69) is 0 Å². The molecule has 0 fully saturated rings. The van der Waals surface area contributed by atoms with E-state index < -0.39 is 11.8 Å². The van der Waals surface area contributed by atoms with E-state index >= 15 is 0 Å². The normalized spacial score (nSPS) is 14.3. The monoisotopic (exact) mass is 572 g/mol. The van der Waals surface area contributed by atoms with Crippen molar-refractivity contribution in [3.05, 3.63) is 113 Å². The Kier molecular flexibility index (Phi) is 8.82. The van der Waals surface area contributed by atoms with Crippen LogP contribution in [-0.2, 0) is 16.0 Å². The summed E-state index contributed by atoms with van der Waals surface area (Å²) < 4.78 is 12.8. The van der Waals surface area contributed by atoms with Crippen molar-refractivity contribution < 1.29 is 19.1 Å². The van der Waals surface area contributed by atoms with E-state index in [1.54, 1.807) is 24.8 Å². The number of nitriles is 1. The summed E-state index contributed by atoms with van der Waals surface area (Å²) >= 11 is 0. The lowest BCUT2D eigenvalue weighted by Crippen LogP contribution is -2.43. The van der Waals surface area contributed by atoms with Crippen molar-refractivity contribution in [1.29, 1.82) is 5.26 Å². The van der Waals surface area contributed by atoms with Gasteiger partial charge in [0.15, 0.2) is 0 Å². The number of benzene rings is 3. The molecular weight excluding hydrogens is 540 g/mol. The highest BCUT2D eigenvalue weighted by atomic mass is 16.5. The second-order valence-electron chi connectivity index (χ2n) is 10.1. The summed E-state index contributed by atoms with van der Waals surface area (Å²) in [5.41, 5.74) is 4.48. The molecule has 1 aliphatic rings. The van der Waals surface area contributed by atoms with Gasteiger partial charge in [-0.3, -0.25) is 14.5 Å². The number of rotatable bonds is 10. The molecule has 4 aromatic rings. The maximum Gasteiger partial charge on any atom is 0.271 e. The van der Waals surface area contributed by atoms with Gasteiger partial charge in [-0.05, 0) is 73.4 Å². The molecule has 216 valence electrons. The number of hydrogen-bond acceptors (Lipinski definition) is 6. The van der Waals surface area contributed by atoms with Crippen LogP contribution in [0, 0.1) is 11.3 Å². The fourth-order valence-electron chi connectivity index (χ4n) is 4.90. The average molecular weight is 573 g/mol. The zero-order valence-corrected chi connectivity index (χ0v) is 24.4. The van der Waals surface area contributed by atoms with Gasteiger partial charge in [0.2, 0.25) is 0 Å². The van der Waals surface area contributed by atoms with Gasteiger partial charge in [-0.2, -0.15) is 10.4 Å². The first-order valence-electron chi connectivity index (χ1n) is 14.1. The topological polar surface area (TPSA) is 97.4 Å². The van der Waals surface area contributed by atoms with E-state index in [1.165, 1.54) is 0 Å². The van der Waals surface area contributed by atoms with Gasteiger partial charge in [-0.1, -0.05) is 49.4 Å². The van der Waals surface area contributed by atoms with Crippen LogP contribution in [-0.4, -0.2) is 46.8 Å². The molecule has 8 heteroatoms. The third kappa shape index (κ3) is 6.26. The summed E-state index contributed by atoms with van der Waals surface area (Å²) in [4.78, 5) is 28.3. The molecular formula is C35H32N4O4. The van der Waals surface area contributed by atoms with E-state index in [1.807, 2.05) is 98.1 Å². The molecule has 8 nitrogen and oxygen atoms in total. The molecule has 0 saturated carbocycles. The highest BCUT2D eigenvalue weighted by Crippen LogP contribution is 2.32. The summed E-state index contributed by atoms with van der Waals surface area (Å²) in [5.74, 6) is 0.405. The van der Waals surface area contributed by atoms with Crippen LogP contribution in [0.3, 0.4) is 0 Å². The molecule has 3 aromatic carbocycles. The predicted molar refractivity (Wildman–Crippen MR) is 164 cm³/mol. The molecule has 0 aliphatic carbocycles. The van der Waals surface area contributed by atoms with Crippen molar-refractivity contribution in [3.63, 3.8) is 0 Å². The van der Waals surface area contributed by atoms with Crippen LogP contribution in [0.5, 0.6) is 11.5 Å². The first kappa shape index (κ1) is 29.1. The number of amides is 2. The van der Waals surface area contributed by atoms with Crippen molar-refractivity contribution in [2.45, 2.75) is 26.7 Å². The van der Waals surface area contributed by atoms with Crippen molar-refractivity contribution in [2.24, 2.45) is 0 Å². The van der Waals surface area contributed by atoms with E-state index in [-0.39, 0.29) is 17.7 Å². The van der Waals surface area contributed by atoms with Crippen LogP contribution in [0.15, 0.2) is 102 Å². The number of aromatic nitrogens is 2. The van der Waals surface area contributed by atoms with Gasteiger partial charge in [-0.15, -0.1) is 0 Å². The van der Waals surface area contributed by atoms with Gasteiger partial charge in [0.25, 0.3) is 11.8 Å². The summed E-state index contributed by atoms with van der Waals surface area (Å²) in [6, 6.07) is 26.8. The van der Waals surface area contributed by atoms with Crippen molar-refractivity contribution in [2.75, 3.05) is 20.3 Å². The molecule has 0 saturated heterocycles. The third-order valence-corrected chi connectivity index (χ3v) is 7.25. The average Bonchev–Trinajstić information content (AvgIpc) is 3.47. The lowest BCUT2D eigenvalue weighted by molar-refractivity contribution is -0.140. The predicted octanol–water partition coefficient (Wildman–Crippen LogP) is 6.17. The molecule has 5 rings (SSSR count). The largest absolute Gasteiger partial charge is 0.497 e. The minimum atomic E-state index is -0.586. The van der Waals surface area contributed by atoms with E-state index in [9.17, 15) is 14.9 Å². The lowest BCUT2D eigenvalue weighted by Gasteiger charge is -2.27. The Balaban J connectivity index is 1.56. The second-order valence-corrected chi connectivity index (χ2v) is 10.1. The molecule has 0 N–H and O–H groups in total. The van der Waals surface area contributed by atoms with E-state index in [4.69, 9.17) is 14.6 Å². The Morgan fingerprint density at radius 3 is 2.42 bits per heavy atom. The minimum absolute atomic E-state index is 0.0486. The van der Waals surface area contributed by atoms with Crippen molar-refractivity contribution in [1.82, 2.24) is 14.7 Å². The molecule has 2 amide bonds. The zero-order chi connectivity index (χ0) is 30.3. The summed E-state index contributed by atoms with van der Waals surface area (Å²) in [5, 5.41) is 14.8. The maximum atomic E-state index is 13.9. The summed E-state index contributed by atoms with van der Waals surface area (Å²) in [7, 11) is 1.60. The van der Waals surface area contributed by atoms with Crippen LogP contribution in [0.2, 0.25) is 0 Å². The number of nitrogens with zero attached hydrogens (tertiary/aromatic N) is 4. The van der Waals surface area contributed by atoms with Gasteiger partial charge in [0.1, 0.15) is 28.8 Å². The molecule has 2 heterocycles. The molecule has 43 heavy (non-hydrogen) atoms. The Bertz CT molecular complexity index is 1740. The summed E-state index contributed by atoms with van der Waals surface area (Å²) in [6.07, 6.45) is 4.90. The fourth-order valence-corrected chi connectivity index (χ4v) is 4.90. The minimum Gasteiger partial charge on any atom is -0.497 e. The second kappa shape index (κ2) is 13.0. The molecule has 0 atom stereocenters. The molecule has 0 spiro atoms. The van der Waals surface area contributed by atoms with Gasteiger partial charge >= 0.3 is 0 Å². The van der Waals surface area contributed by atoms with Crippen molar-refractivity contribution >= 4 is 17.9 Å². The van der Waals surface area contributed by atoms with Crippen LogP contribution in [0.1, 0.15) is 31.4 Å². The Morgan fingerprint density at radius 1 is 0.953 bits per heavy atom. The smallest absolute Gasteiger partial charge is 0.271 e. The first-order valence-corrected chi connectivity index (χ1v) is 14.1. The zero-order valence-electron chi connectivity index (χ0n) is 24.4. The standard InChI is InChI=1S/C35H32N4O4/c1-4-19-43-30-12-8-9-26(20-30)33-27(23-39(37-33)28-10-6-5-7-11-28)21-31-24(2)32(22-36)35(41)38(34(31)40)18-17-25-13-15-29(42-3)16-14-25/h5-16,20-21,23H,4,17-19H2,1-3H3/b31-21+. The highest BCUT2D eigenvalue weighted by molar-refractivity contribution is 6.19. The Hall–Kier alpha value is -5.42. The Morgan fingerprint density at radius 2 is 1.72 bits per heavy atom. The molecule has 1 aliphatic heterocycles.